The van der Waals surface area contributed by atoms with E-state index in [9.17, 15) is 16.8 Å². The average molecular weight is 365 g/mol. The van der Waals surface area contributed by atoms with Crippen molar-refractivity contribution in [3.05, 3.63) is 54.1 Å². The van der Waals surface area contributed by atoms with Crippen molar-refractivity contribution in [3.63, 3.8) is 0 Å². The molecule has 0 heterocycles. The summed E-state index contributed by atoms with van der Waals surface area (Å²) < 4.78 is 52.3. The molecule has 0 bridgehead atoms. The second-order valence-electron chi connectivity index (χ2n) is 5.06. The minimum atomic E-state index is -3.89. The number of anilines is 1. The average Bonchev–Trinajstić information content (AvgIpc) is 2.54. The van der Waals surface area contributed by atoms with Crippen molar-refractivity contribution < 1.29 is 16.8 Å². The molecule has 0 spiro atoms. The Bertz CT molecular complexity index is 990. The summed E-state index contributed by atoms with van der Waals surface area (Å²) in [6, 6.07) is 12.8. The molecule has 0 aromatic heterocycles. The molecular weight excluding hydrogens is 350 g/mol. The normalized spacial score (nSPS) is 11.9. The molecule has 0 aliphatic carbocycles. The van der Waals surface area contributed by atoms with Crippen molar-refractivity contribution in [2.75, 3.05) is 18.8 Å². The van der Waals surface area contributed by atoms with E-state index >= 15 is 0 Å². The molecule has 0 aliphatic rings. The van der Waals surface area contributed by atoms with Gasteiger partial charge in [-0.25, -0.2) is 21.1 Å². The number of nitrogens with one attached hydrogen (secondary N) is 1. The molecule has 0 saturated carbocycles. The first-order chi connectivity index (χ1) is 11.2. The minimum Gasteiger partial charge on any atom is -0.280 e. The lowest BCUT2D eigenvalue weighted by molar-refractivity contribution is 0.521. The largest absolute Gasteiger partial charge is 0.280 e. The van der Waals surface area contributed by atoms with Gasteiger partial charge in [0.15, 0.2) is 0 Å². The van der Waals surface area contributed by atoms with Gasteiger partial charge in [0.25, 0.3) is 10.0 Å². The van der Waals surface area contributed by atoms with Gasteiger partial charge in [-0.15, -0.1) is 0 Å². The predicted molar refractivity (Wildman–Crippen MR) is 89.3 cm³/mol. The Kier molecular flexibility index (Phi) is 4.94. The second kappa shape index (κ2) is 6.60. The van der Waals surface area contributed by atoms with E-state index in [4.69, 9.17) is 5.26 Å². The molecule has 24 heavy (non-hydrogen) atoms. The first kappa shape index (κ1) is 17.9. The van der Waals surface area contributed by atoms with Crippen LogP contribution in [0, 0.1) is 11.3 Å². The van der Waals surface area contributed by atoms with Crippen LogP contribution >= 0.6 is 0 Å². The summed E-state index contributed by atoms with van der Waals surface area (Å²) in [5, 5.41) is 8.74. The molecule has 0 atom stereocenters. The van der Waals surface area contributed by atoms with Gasteiger partial charge in [-0.3, -0.25) is 4.72 Å². The molecule has 0 unspecified atom stereocenters. The van der Waals surface area contributed by atoms with E-state index in [2.05, 4.69) is 4.72 Å². The van der Waals surface area contributed by atoms with Crippen LogP contribution in [0.4, 0.5) is 5.69 Å². The van der Waals surface area contributed by atoms with Gasteiger partial charge in [0.05, 0.1) is 27.1 Å². The standard InChI is InChI=1S/C15H15N3O4S2/c1-18(2)24(21,22)15-5-3-4-13(10-15)17-23(19,20)14-8-6-12(11-16)7-9-14/h3-10,17H,1-2H3. The maximum atomic E-state index is 12.3. The molecule has 0 fully saturated rings. The van der Waals surface area contributed by atoms with Gasteiger partial charge in [0.2, 0.25) is 10.0 Å². The van der Waals surface area contributed by atoms with E-state index in [1.165, 1.54) is 62.6 Å². The summed E-state index contributed by atoms with van der Waals surface area (Å²) in [6.45, 7) is 0. The zero-order valence-electron chi connectivity index (χ0n) is 13.0. The molecule has 2 aromatic rings. The van der Waals surface area contributed by atoms with E-state index < -0.39 is 20.0 Å². The number of nitriles is 1. The summed E-state index contributed by atoms with van der Waals surface area (Å²) in [5.41, 5.74) is 0.468. The maximum absolute atomic E-state index is 12.3. The third-order valence-corrected chi connectivity index (χ3v) is 6.37. The van der Waals surface area contributed by atoms with Crippen LogP contribution in [0.3, 0.4) is 0 Å². The zero-order valence-corrected chi connectivity index (χ0v) is 14.6. The highest BCUT2D eigenvalue weighted by Crippen LogP contribution is 2.21. The summed E-state index contributed by atoms with van der Waals surface area (Å²) in [4.78, 5) is -0.0464. The van der Waals surface area contributed by atoms with Crippen molar-refractivity contribution in [1.82, 2.24) is 4.31 Å². The van der Waals surface area contributed by atoms with Crippen LogP contribution < -0.4 is 4.72 Å². The molecule has 1 N–H and O–H groups in total. The van der Waals surface area contributed by atoms with E-state index in [1.54, 1.807) is 0 Å². The van der Waals surface area contributed by atoms with E-state index in [1.807, 2.05) is 6.07 Å². The molecule has 2 aromatic carbocycles. The van der Waals surface area contributed by atoms with Crippen molar-refractivity contribution in [3.8, 4) is 6.07 Å². The van der Waals surface area contributed by atoms with Gasteiger partial charge in [-0.2, -0.15) is 5.26 Å². The summed E-state index contributed by atoms with van der Waals surface area (Å²) in [7, 11) is -4.77. The van der Waals surface area contributed by atoms with E-state index in [0.717, 1.165) is 4.31 Å². The van der Waals surface area contributed by atoms with Gasteiger partial charge >= 0.3 is 0 Å². The fourth-order valence-electron chi connectivity index (χ4n) is 1.85. The number of rotatable bonds is 5. The Hall–Kier alpha value is -2.41. The second-order valence-corrected chi connectivity index (χ2v) is 8.89. The smallest absolute Gasteiger partial charge is 0.261 e. The van der Waals surface area contributed by atoms with Gasteiger partial charge < -0.3 is 0 Å². The monoisotopic (exact) mass is 365 g/mol. The topological polar surface area (TPSA) is 107 Å². The maximum Gasteiger partial charge on any atom is 0.261 e. The van der Waals surface area contributed by atoms with Crippen LogP contribution in [-0.4, -0.2) is 35.2 Å². The fourth-order valence-corrected chi connectivity index (χ4v) is 3.85. The summed E-state index contributed by atoms with van der Waals surface area (Å²) >= 11 is 0. The molecule has 126 valence electrons. The number of hydrogen-bond donors (Lipinski definition) is 1. The van der Waals surface area contributed by atoms with Crippen LogP contribution in [0.25, 0.3) is 0 Å². The number of hydrogen-bond acceptors (Lipinski definition) is 5. The SMILES string of the molecule is CN(C)S(=O)(=O)c1cccc(NS(=O)(=O)c2ccc(C#N)cc2)c1. The van der Waals surface area contributed by atoms with Crippen molar-refractivity contribution >= 4 is 25.7 Å². The highest BCUT2D eigenvalue weighted by atomic mass is 32.2. The molecule has 0 radical (unpaired) electrons. The molecule has 0 amide bonds. The van der Waals surface area contributed by atoms with Crippen molar-refractivity contribution in [2.24, 2.45) is 0 Å². The molecule has 7 nitrogen and oxygen atoms in total. The lowest BCUT2D eigenvalue weighted by atomic mass is 10.2. The zero-order chi connectivity index (χ0) is 18.0. The molecule has 9 heteroatoms. The molecular formula is C15H15N3O4S2. The van der Waals surface area contributed by atoms with Crippen molar-refractivity contribution in [2.45, 2.75) is 9.79 Å². The highest BCUT2D eigenvalue weighted by molar-refractivity contribution is 7.92. The lowest BCUT2D eigenvalue weighted by Crippen LogP contribution is -2.22. The first-order valence-electron chi connectivity index (χ1n) is 6.72. The van der Waals surface area contributed by atoms with Crippen LogP contribution in [0.2, 0.25) is 0 Å². The Morgan fingerprint density at radius 1 is 0.958 bits per heavy atom. The quantitative estimate of drug-likeness (QED) is 0.866. The molecule has 2 rings (SSSR count). The Morgan fingerprint density at radius 2 is 1.58 bits per heavy atom. The van der Waals surface area contributed by atoms with Gasteiger partial charge in [-0.05, 0) is 42.5 Å². The Balaban J connectivity index is 2.35. The number of nitrogens with zero attached hydrogens (tertiary/aromatic N) is 2. The third-order valence-electron chi connectivity index (χ3n) is 3.16. The number of sulfonamides is 2. The molecule has 0 aliphatic heterocycles. The Morgan fingerprint density at radius 3 is 2.12 bits per heavy atom. The summed E-state index contributed by atoms with van der Waals surface area (Å²) in [5.74, 6) is 0. The lowest BCUT2D eigenvalue weighted by Gasteiger charge is -2.13. The highest BCUT2D eigenvalue weighted by Gasteiger charge is 2.19. The predicted octanol–water partition coefficient (Wildman–Crippen LogP) is 1.61. The van der Waals surface area contributed by atoms with Gasteiger partial charge in [-0.1, -0.05) is 6.07 Å². The van der Waals surface area contributed by atoms with Crippen molar-refractivity contribution in [1.29, 1.82) is 5.26 Å². The molecule has 0 saturated heterocycles. The Labute approximate surface area is 141 Å². The fraction of sp³-hybridized carbons (Fsp3) is 0.133. The summed E-state index contributed by atoms with van der Waals surface area (Å²) in [6.07, 6.45) is 0. The van der Waals surface area contributed by atoms with Crippen LogP contribution in [0.5, 0.6) is 0 Å². The van der Waals surface area contributed by atoms with Crippen LogP contribution in [0.1, 0.15) is 5.56 Å². The van der Waals surface area contributed by atoms with Crippen LogP contribution in [0.15, 0.2) is 58.3 Å². The van der Waals surface area contributed by atoms with Gasteiger partial charge in [0.1, 0.15) is 0 Å². The van der Waals surface area contributed by atoms with Gasteiger partial charge in [0, 0.05) is 14.1 Å². The van der Waals surface area contributed by atoms with E-state index in [-0.39, 0.29) is 15.5 Å². The first-order valence-corrected chi connectivity index (χ1v) is 9.65. The number of benzene rings is 2. The minimum absolute atomic E-state index is 0.0208. The third kappa shape index (κ3) is 3.73. The van der Waals surface area contributed by atoms with E-state index in [0.29, 0.717) is 5.56 Å². The van der Waals surface area contributed by atoms with Crippen LogP contribution in [-0.2, 0) is 20.0 Å².